The van der Waals surface area contributed by atoms with Crippen LogP contribution in [0.1, 0.15) is 6.42 Å². The molecular formula is C14H12Cl3N3O3. The number of carbonyl (C=O) groups is 1. The molecule has 0 amide bonds. The first-order chi connectivity index (χ1) is 10.9. The summed E-state index contributed by atoms with van der Waals surface area (Å²) < 4.78 is 5.21. The van der Waals surface area contributed by atoms with Gasteiger partial charge in [0.05, 0.1) is 22.2 Å². The average molecular weight is 377 g/mol. The Morgan fingerprint density at radius 2 is 2.04 bits per heavy atom. The van der Waals surface area contributed by atoms with Crippen LogP contribution in [0.2, 0.25) is 15.2 Å². The predicted molar refractivity (Wildman–Crippen MR) is 89.3 cm³/mol. The fourth-order valence-electron chi connectivity index (χ4n) is 1.73. The highest BCUT2D eigenvalue weighted by Crippen LogP contribution is 2.35. The number of rotatable bonds is 6. The van der Waals surface area contributed by atoms with E-state index in [1.165, 1.54) is 6.07 Å². The number of anilines is 2. The Hall–Kier alpha value is -1.76. The van der Waals surface area contributed by atoms with Crippen LogP contribution in [0.3, 0.4) is 0 Å². The Morgan fingerprint density at radius 3 is 2.74 bits per heavy atom. The SMILES string of the molecule is CN(c1cc(Cl)nc(OCCC(=O)O)n1)c1cccc(Cl)c1Cl. The monoisotopic (exact) mass is 375 g/mol. The van der Waals surface area contributed by atoms with Crippen molar-refractivity contribution in [1.29, 1.82) is 0 Å². The molecule has 0 atom stereocenters. The van der Waals surface area contributed by atoms with Gasteiger partial charge in [-0.25, -0.2) is 0 Å². The minimum Gasteiger partial charge on any atom is -0.481 e. The molecule has 0 saturated carbocycles. The lowest BCUT2D eigenvalue weighted by atomic mass is 10.3. The Kier molecular flexibility index (Phi) is 5.87. The number of ether oxygens (including phenoxy) is 1. The maximum atomic E-state index is 10.5. The number of aromatic nitrogens is 2. The molecule has 1 aromatic heterocycles. The van der Waals surface area contributed by atoms with Gasteiger partial charge in [0.2, 0.25) is 0 Å². The van der Waals surface area contributed by atoms with Gasteiger partial charge in [0.1, 0.15) is 17.6 Å². The van der Waals surface area contributed by atoms with Crippen LogP contribution < -0.4 is 9.64 Å². The van der Waals surface area contributed by atoms with Crippen molar-refractivity contribution >= 4 is 52.3 Å². The summed E-state index contributed by atoms with van der Waals surface area (Å²) in [5.41, 5.74) is 0.630. The molecule has 2 rings (SSSR count). The van der Waals surface area contributed by atoms with E-state index in [2.05, 4.69) is 9.97 Å². The highest BCUT2D eigenvalue weighted by molar-refractivity contribution is 6.43. The quantitative estimate of drug-likeness (QED) is 0.766. The lowest BCUT2D eigenvalue weighted by molar-refractivity contribution is -0.137. The zero-order valence-electron chi connectivity index (χ0n) is 12.0. The standard InChI is InChI=1S/C14H12Cl3N3O3/c1-20(9-4-2-3-8(15)13(9)17)11-7-10(16)18-14(19-11)23-6-5-12(21)22/h2-4,7H,5-6H2,1H3,(H,21,22). The fraction of sp³-hybridized carbons (Fsp3) is 0.214. The minimum atomic E-state index is -0.977. The molecule has 2 aromatic rings. The summed E-state index contributed by atoms with van der Waals surface area (Å²) in [6.45, 7) is -0.0588. The molecule has 0 saturated heterocycles. The Labute approximate surface area is 147 Å². The maximum Gasteiger partial charge on any atom is 0.319 e. The molecule has 0 radical (unpaired) electrons. The molecular weight excluding hydrogens is 365 g/mol. The second-order valence-corrected chi connectivity index (χ2v) is 5.63. The third kappa shape index (κ3) is 4.60. The van der Waals surface area contributed by atoms with Gasteiger partial charge in [-0.05, 0) is 12.1 Å². The third-order valence-electron chi connectivity index (χ3n) is 2.84. The van der Waals surface area contributed by atoms with Crippen molar-refractivity contribution in [3.63, 3.8) is 0 Å². The van der Waals surface area contributed by atoms with Gasteiger partial charge in [-0.2, -0.15) is 9.97 Å². The minimum absolute atomic E-state index is 0.0150. The van der Waals surface area contributed by atoms with Gasteiger partial charge in [-0.1, -0.05) is 40.9 Å². The van der Waals surface area contributed by atoms with E-state index in [0.717, 1.165) is 0 Å². The van der Waals surface area contributed by atoms with E-state index < -0.39 is 5.97 Å². The molecule has 6 nitrogen and oxygen atoms in total. The summed E-state index contributed by atoms with van der Waals surface area (Å²) >= 11 is 18.2. The van der Waals surface area contributed by atoms with E-state index in [9.17, 15) is 4.79 Å². The van der Waals surface area contributed by atoms with Crippen molar-refractivity contribution in [2.24, 2.45) is 0 Å². The summed E-state index contributed by atoms with van der Waals surface area (Å²) in [5.74, 6) is -0.547. The topological polar surface area (TPSA) is 75.6 Å². The van der Waals surface area contributed by atoms with Crippen LogP contribution in [-0.2, 0) is 4.79 Å². The predicted octanol–water partition coefficient (Wildman–Crippen LogP) is 4.06. The van der Waals surface area contributed by atoms with Crippen LogP contribution in [0, 0.1) is 0 Å². The van der Waals surface area contributed by atoms with Crippen LogP contribution in [0.15, 0.2) is 24.3 Å². The first-order valence-corrected chi connectivity index (χ1v) is 7.59. The van der Waals surface area contributed by atoms with Crippen molar-refractivity contribution in [2.45, 2.75) is 6.42 Å². The second kappa shape index (κ2) is 7.68. The molecule has 0 unspecified atom stereocenters. The van der Waals surface area contributed by atoms with Gasteiger partial charge < -0.3 is 14.7 Å². The summed E-state index contributed by atoms with van der Waals surface area (Å²) in [7, 11) is 1.73. The molecule has 0 aliphatic heterocycles. The first-order valence-electron chi connectivity index (χ1n) is 6.45. The largest absolute Gasteiger partial charge is 0.481 e. The van der Waals surface area contributed by atoms with Gasteiger partial charge in [0.15, 0.2) is 0 Å². The van der Waals surface area contributed by atoms with Gasteiger partial charge in [0.25, 0.3) is 0 Å². The van der Waals surface area contributed by atoms with Crippen LogP contribution in [0.25, 0.3) is 0 Å². The summed E-state index contributed by atoms with van der Waals surface area (Å²) in [5, 5.41) is 9.56. The normalized spacial score (nSPS) is 10.4. The van der Waals surface area contributed by atoms with Crippen molar-refractivity contribution in [1.82, 2.24) is 9.97 Å². The Bertz CT molecular complexity index is 728. The smallest absolute Gasteiger partial charge is 0.319 e. The van der Waals surface area contributed by atoms with Crippen molar-refractivity contribution in [3.05, 3.63) is 39.5 Å². The molecule has 1 aromatic carbocycles. The Balaban J connectivity index is 2.26. The molecule has 1 N–H and O–H groups in total. The lowest BCUT2D eigenvalue weighted by Crippen LogP contribution is -2.14. The van der Waals surface area contributed by atoms with Gasteiger partial charge in [-0.15, -0.1) is 0 Å². The molecule has 9 heteroatoms. The number of carboxylic acids is 1. The lowest BCUT2D eigenvalue weighted by Gasteiger charge is -2.20. The van der Waals surface area contributed by atoms with Crippen LogP contribution in [0.4, 0.5) is 11.5 Å². The fourth-order valence-corrected chi connectivity index (χ4v) is 2.32. The van der Waals surface area contributed by atoms with Crippen LogP contribution >= 0.6 is 34.8 Å². The number of aliphatic carboxylic acids is 1. The summed E-state index contributed by atoms with van der Waals surface area (Å²) in [6.07, 6.45) is -0.166. The zero-order chi connectivity index (χ0) is 17.0. The zero-order valence-corrected chi connectivity index (χ0v) is 14.2. The van der Waals surface area contributed by atoms with Gasteiger partial charge in [0, 0.05) is 13.1 Å². The second-order valence-electron chi connectivity index (χ2n) is 4.46. The van der Waals surface area contributed by atoms with E-state index in [4.69, 9.17) is 44.6 Å². The number of halogens is 3. The average Bonchev–Trinajstić information content (AvgIpc) is 2.48. The summed E-state index contributed by atoms with van der Waals surface area (Å²) in [6, 6.07) is 6.72. The highest BCUT2D eigenvalue weighted by atomic mass is 35.5. The number of nitrogens with zero attached hydrogens (tertiary/aromatic N) is 3. The molecule has 0 fully saturated rings. The van der Waals surface area contributed by atoms with E-state index in [1.807, 2.05) is 0 Å². The number of carboxylic acid groups (broad SMARTS) is 1. The van der Waals surface area contributed by atoms with Crippen LogP contribution in [0.5, 0.6) is 6.01 Å². The van der Waals surface area contributed by atoms with Crippen molar-refractivity contribution in [3.8, 4) is 6.01 Å². The maximum absolute atomic E-state index is 10.5. The van der Waals surface area contributed by atoms with Gasteiger partial charge in [-0.3, -0.25) is 4.79 Å². The Morgan fingerprint density at radius 1 is 1.30 bits per heavy atom. The van der Waals surface area contributed by atoms with E-state index in [1.54, 1.807) is 30.1 Å². The number of hydrogen-bond donors (Lipinski definition) is 1. The third-order valence-corrected chi connectivity index (χ3v) is 3.85. The molecule has 0 spiro atoms. The molecule has 1 heterocycles. The molecule has 23 heavy (non-hydrogen) atoms. The highest BCUT2D eigenvalue weighted by Gasteiger charge is 2.14. The van der Waals surface area contributed by atoms with Crippen LogP contribution in [-0.4, -0.2) is 34.7 Å². The van der Waals surface area contributed by atoms with Crippen molar-refractivity contribution < 1.29 is 14.6 Å². The van der Waals surface area contributed by atoms with E-state index >= 15 is 0 Å². The number of hydrogen-bond acceptors (Lipinski definition) is 5. The van der Waals surface area contributed by atoms with E-state index in [0.29, 0.717) is 21.6 Å². The van der Waals surface area contributed by atoms with Crippen molar-refractivity contribution in [2.75, 3.05) is 18.6 Å². The molecule has 0 bridgehead atoms. The van der Waals surface area contributed by atoms with Gasteiger partial charge >= 0.3 is 12.0 Å². The number of benzene rings is 1. The molecule has 0 aliphatic rings. The first kappa shape index (κ1) is 17.6. The molecule has 0 aliphatic carbocycles. The van der Waals surface area contributed by atoms with E-state index in [-0.39, 0.29) is 24.2 Å². The summed E-state index contributed by atoms with van der Waals surface area (Å²) in [4.78, 5) is 20.3. The molecule has 122 valence electrons.